The molecule has 0 radical (unpaired) electrons. The number of nitrogen functional groups attached to an aromatic ring is 1. The first-order valence-corrected chi connectivity index (χ1v) is 4.65. The third-order valence-electron chi connectivity index (χ3n) is 1.47. The Morgan fingerprint density at radius 1 is 1.38 bits per heavy atom. The first-order valence-electron chi connectivity index (χ1n) is 3.77. The lowest BCUT2D eigenvalue weighted by Crippen LogP contribution is -1.86. The Balaban J connectivity index is 2.19. The van der Waals surface area contributed by atoms with Gasteiger partial charge in [-0.05, 0) is 12.1 Å². The summed E-state index contributed by atoms with van der Waals surface area (Å²) < 4.78 is 5.43. The van der Waals surface area contributed by atoms with E-state index in [2.05, 4.69) is 4.98 Å². The van der Waals surface area contributed by atoms with Crippen molar-refractivity contribution in [1.82, 2.24) is 4.98 Å². The van der Waals surface area contributed by atoms with Crippen LogP contribution in [0.3, 0.4) is 0 Å². The molecule has 0 amide bonds. The molecular formula is C9H8N2OS. The summed E-state index contributed by atoms with van der Waals surface area (Å²) >= 11 is 1.45. The smallest absolute Gasteiger partial charge is 0.278 e. The van der Waals surface area contributed by atoms with E-state index >= 15 is 0 Å². The molecule has 0 unspecified atom stereocenters. The van der Waals surface area contributed by atoms with Crippen LogP contribution in [0.1, 0.15) is 0 Å². The highest BCUT2D eigenvalue weighted by Gasteiger charge is 1.98. The lowest BCUT2D eigenvalue weighted by atomic mass is 10.3. The van der Waals surface area contributed by atoms with Crippen LogP contribution in [0.4, 0.5) is 5.69 Å². The van der Waals surface area contributed by atoms with Gasteiger partial charge in [-0.1, -0.05) is 17.4 Å². The van der Waals surface area contributed by atoms with E-state index in [1.54, 1.807) is 12.3 Å². The zero-order valence-electron chi connectivity index (χ0n) is 6.81. The lowest BCUT2D eigenvalue weighted by molar-refractivity contribution is 0.479. The minimum Gasteiger partial charge on any atom is -0.431 e. The molecule has 0 aliphatic carbocycles. The van der Waals surface area contributed by atoms with Crippen molar-refractivity contribution in [3.05, 3.63) is 35.8 Å². The van der Waals surface area contributed by atoms with Gasteiger partial charge in [-0.2, -0.15) is 0 Å². The van der Waals surface area contributed by atoms with Crippen molar-refractivity contribution in [1.29, 1.82) is 0 Å². The fourth-order valence-corrected chi connectivity index (χ4v) is 1.44. The van der Waals surface area contributed by atoms with E-state index in [0.717, 1.165) is 5.75 Å². The maximum Gasteiger partial charge on any atom is 0.278 e. The minimum atomic E-state index is 0.630. The molecule has 0 spiro atoms. The van der Waals surface area contributed by atoms with Crippen molar-refractivity contribution < 1.29 is 4.74 Å². The monoisotopic (exact) mass is 192 g/mol. The Morgan fingerprint density at radius 3 is 3.00 bits per heavy atom. The average molecular weight is 192 g/mol. The molecule has 0 bridgehead atoms. The minimum absolute atomic E-state index is 0.630. The fourth-order valence-electron chi connectivity index (χ4n) is 0.940. The highest BCUT2D eigenvalue weighted by atomic mass is 32.1. The number of nitrogens with two attached hydrogens (primary N) is 1. The first kappa shape index (κ1) is 8.07. The zero-order chi connectivity index (χ0) is 9.10. The van der Waals surface area contributed by atoms with Gasteiger partial charge in [-0.25, -0.2) is 4.98 Å². The van der Waals surface area contributed by atoms with Gasteiger partial charge in [-0.3, -0.25) is 0 Å². The van der Waals surface area contributed by atoms with Gasteiger partial charge in [0.25, 0.3) is 5.19 Å². The molecule has 1 aromatic carbocycles. The molecule has 0 aliphatic rings. The lowest BCUT2D eigenvalue weighted by Gasteiger charge is -2.01. The van der Waals surface area contributed by atoms with Gasteiger partial charge in [0.1, 0.15) is 5.75 Å². The van der Waals surface area contributed by atoms with Crippen LogP contribution in [0.5, 0.6) is 10.9 Å². The highest BCUT2D eigenvalue weighted by molar-refractivity contribution is 7.11. The van der Waals surface area contributed by atoms with Crippen LogP contribution in [0, 0.1) is 0 Å². The Bertz CT molecular complexity index is 386. The zero-order valence-corrected chi connectivity index (χ0v) is 7.62. The molecule has 0 atom stereocenters. The van der Waals surface area contributed by atoms with Crippen LogP contribution in [0.15, 0.2) is 35.8 Å². The number of thiazole rings is 1. The molecule has 1 aromatic heterocycles. The SMILES string of the molecule is Nc1cccc(Oc2nccs2)c1. The van der Waals surface area contributed by atoms with Gasteiger partial charge in [0, 0.05) is 23.3 Å². The number of anilines is 1. The molecule has 0 saturated heterocycles. The Kier molecular flexibility index (Phi) is 2.14. The number of benzene rings is 1. The van der Waals surface area contributed by atoms with Gasteiger partial charge in [-0.15, -0.1) is 0 Å². The molecule has 3 nitrogen and oxygen atoms in total. The third kappa shape index (κ3) is 1.97. The number of hydrogen-bond acceptors (Lipinski definition) is 4. The Labute approximate surface area is 79.8 Å². The van der Waals surface area contributed by atoms with Crippen molar-refractivity contribution >= 4 is 17.0 Å². The fraction of sp³-hybridized carbons (Fsp3) is 0. The molecule has 1 heterocycles. The van der Waals surface area contributed by atoms with E-state index in [1.165, 1.54) is 11.3 Å². The quantitative estimate of drug-likeness (QED) is 0.744. The molecule has 0 aliphatic heterocycles. The molecule has 2 aromatic rings. The standard InChI is InChI=1S/C9H8N2OS/c10-7-2-1-3-8(6-7)12-9-11-4-5-13-9/h1-6H,10H2. The second-order valence-corrected chi connectivity index (χ2v) is 3.33. The molecule has 66 valence electrons. The predicted molar refractivity (Wildman–Crippen MR) is 53.0 cm³/mol. The topological polar surface area (TPSA) is 48.1 Å². The summed E-state index contributed by atoms with van der Waals surface area (Å²) in [4.78, 5) is 4.00. The van der Waals surface area contributed by atoms with E-state index in [4.69, 9.17) is 10.5 Å². The molecule has 0 fully saturated rings. The summed E-state index contributed by atoms with van der Waals surface area (Å²) in [5.41, 5.74) is 6.28. The van der Waals surface area contributed by atoms with E-state index in [0.29, 0.717) is 10.9 Å². The van der Waals surface area contributed by atoms with Gasteiger partial charge in [0.2, 0.25) is 0 Å². The third-order valence-corrected chi connectivity index (χ3v) is 2.12. The van der Waals surface area contributed by atoms with Gasteiger partial charge in [0.05, 0.1) is 0 Å². The number of aromatic nitrogens is 1. The van der Waals surface area contributed by atoms with E-state index in [9.17, 15) is 0 Å². The van der Waals surface area contributed by atoms with Crippen molar-refractivity contribution in [2.75, 3.05) is 5.73 Å². The van der Waals surface area contributed by atoms with Crippen molar-refractivity contribution in [3.63, 3.8) is 0 Å². The van der Waals surface area contributed by atoms with Gasteiger partial charge < -0.3 is 10.5 Å². The summed E-state index contributed by atoms with van der Waals surface area (Å²) in [7, 11) is 0. The molecule has 2 N–H and O–H groups in total. The Hall–Kier alpha value is -1.55. The van der Waals surface area contributed by atoms with E-state index < -0.39 is 0 Å². The second-order valence-electron chi connectivity index (χ2n) is 2.47. The van der Waals surface area contributed by atoms with Crippen LogP contribution in [-0.4, -0.2) is 4.98 Å². The average Bonchev–Trinajstić information content (AvgIpc) is 2.57. The Morgan fingerprint density at radius 2 is 2.31 bits per heavy atom. The largest absolute Gasteiger partial charge is 0.431 e. The van der Waals surface area contributed by atoms with Crippen LogP contribution in [0.2, 0.25) is 0 Å². The van der Waals surface area contributed by atoms with Crippen molar-refractivity contribution in [2.45, 2.75) is 0 Å². The van der Waals surface area contributed by atoms with Crippen LogP contribution in [-0.2, 0) is 0 Å². The van der Waals surface area contributed by atoms with E-state index in [1.807, 2.05) is 23.6 Å². The summed E-state index contributed by atoms with van der Waals surface area (Å²) in [6, 6.07) is 7.27. The van der Waals surface area contributed by atoms with Gasteiger partial charge >= 0.3 is 0 Å². The summed E-state index contributed by atoms with van der Waals surface area (Å²) in [6.07, 6.45) is 1.70. The molecule has 2 rings (SSSR count). The summed E-state index contributed by atoms with van der Waals surface area (Å²) in [5, 5.41) is 2.49. The molecule has 0 saturated carbocycles. The van der Waals surface area contributed by atoms with Crippen molar-refractivity contribution in [3.8, 4) is 10.9 Å². The molecule has 13 heavy (non-hydrogen) atoms. The van der Waals surface area contributed by atoms with Crippen LogP contribution in [0.25, 0.3) is 0 Å². The molecular weight excluding hydrogens is 184 g/mol. The van der Waals surface area contributed by atoms with Crippen molar-refractivity contribution in [2.24, 2.45) is 0 Å². The van der Waals surface area contributed by atoms with Crippen LogP contribution < -0.4 is 10.5 Å². The number of ether oxygens (including phenoxy) is 1. The summed E-state index contributed by atoms with van der Waals surface area (Å²) in [6.45, 7) is 0. The number of hydrogen-bond donors (Lipinski definition) is 1. The normalized spacial score (nSPS) is 9.85. The van der Waals surface area contributed by atoms with E-state index in [-0.39, 0.29) is 0 Å². The maximum absolute atomic E-state index is 5.59. The summed E-state index contributed by atoms with van der Waals surface area (Å²) in [5.74, 6) is 0.718. The second kappa shape index (κ2) is 3.45. The first-order chi connectivity index (χ1) is 6.34. The number of nitrogens with zero attached hydrogens (tertiary/aromatic N) is 1. The highest BCUT2D eigenvalue weighted by Crippen LogP contribution is 2.24. The van der Waals surface area contributed by atoms with Crippen LogP contribution >= 0.6 is 11.3 Å². The number of rotatable bonds is 2. The maximum atomic E-state index is 5.59. The molecule has 4 heteroatoms. The predicted octanol–water partition coefficient (Wildman–Crippen LogP) is 2.52. The van der Waals surface area contributed by atoms with Gasteiger partial charge in [0.15, 0.2) is 0 Å².